The topological polar surface area (TPSA) is 42.4 Å². The van der Waals surface area contributed by atoms with E-state index in [-0.39, 0.29) is 18.3 Å². The third-order valence-corrected chi connectivity index (χ3v) is 5.13. The van der Waals surface area contributed by atoms with Crippen LogP contribution in [0.15, 0.2) is 72.6 Å². The molecule has 1 aromatic heterocycles. The van der Waals surface area contributed by atoms with Gasteiger partial charge in [0.2, 0.25) is 5.91 Å². The van der Waals surface area contributed by atoms with Gasteiger partial charge in [-0.1, -0.05) is 36.4 Å². The summed E-state index contributed by atoms with van der Waals surface area (Å²) in [4.78, 5) is 18.6. The van der Waals surface area contributed by atoms with Gasteiger partial charge in [0.05, 0.1) is 10.7 Å². The van der Waals surface area contributed by atoms with E-state index in [1.165, 1.54) is 17.0 Å². The van der Waals surface area contributed by atoms with Gasteiger partial charge in [-0.05, 0) is 36.8 Å². The number of carbonyl (C=O) groups excluding carboxylic acids is 1. The molecule has 0 radical (unpaired) electrons. The van der Waals surface area contributed by atoms with Crippen LogP contribution >= 0.6 is 11.3 Å². The average Bonchev–Trinajstić information content (AvgIpc) is 3.17. The van der Waals surface area contributed by atoms with Gasteiger partial charge in [-0.25, -0.2) is 9.37 Å². The molecule has 3 aromatic rings. The summed E-state index contributed by atoms with van der Waals surface area (Å²) in [6.07, 6.45) is 4.83. The van der Waals surface area contributed by atoms with Crippen molar-refractivity contribution >= 4 is 23.3 Å². The molecule has 3 rings (SSSR count). The Bertz CT molecular complexity index is 1040. The summed E-state index contributed by atoms with van der Waals surface area (Å²) in [6, 6.07) is 13.9. The molecule has 0 unspecified atom stereocenters. The molecule has 6 heteroatoms. The molecule has 0 atom stereocenters. The van der Waals surface area contributed by atoms with Gasteiger partial charge in [-0.2, -0.15) is 0 Å². The first-order valence-corrected chi connectivity index (χ1v) is 10.4. The highest BCUT2D eigenvalue weighted by Crippen LogP contribution is 2.18. The summed E-state index contributed by atoms with van der Waals surface area (Å²) in [6.45, 7) is 6.55. The number of rotatable bonds is 9. The van der Waals surface area contributed by atoms with Gasteiger partial charge in [-0.3, -0.25) is 4.79 Å². The summed E-state index contributed by atoms with van der Waals surface area (Å²) in [7, 11) is 0. The van der Waals surface area contributed by atoms with E-state index in [0.29, 0.717) is 24.5 Å². The fourth-order valence-corrected chi connectivity index (χ4v) is 3.43. The molecular formula is C24H23FN2O2S. The zero-order chi connectivity index (χ0) is 21.3. The minimum Gasteiger partial charge on any atom is -0.487 e. The van der Waals surface area contributed by atoms with Crippen molar-refractivity contribution < 1.29 is 13.9 Å². The predicted octanol–water partition coefficient (Wildman–Crippen LogP) is 5.40. The van der Waals surface area contributed by atoms with Crippen LogP contribution in [0.2, 0.25) is 0 Å². The number of ether oxygens (including phenoxy) is 1. The summed E-state index contributed by atoms with van der Waals surface area (Å²) in [5, 5.41) is 2.98. The lowest BCUT2D eigenvalue weighted by Crippen LogP contribution is -2.29. The quantitative estimate of drug-likeness (QED) is 0.343. The molecule has 0 saturated heterocycles. The van der Waals surface area contributed by atoms with Crippen molar-refractivity contribution in [3.8, 4) is 5.75 Å². The number of aromatic nitrogens is 1. The Labute approximate surface area is 180 Å². The molecule has 0 aliphatic carbocycles. The lowest BCUT2D eigenvalue weighted by molar-refractivity contribution is -0.126. The van der Waals surface area contributed by atoms with E-state index in [1.54, 1.807) is 41.7 Å². The van der Waals surface area contributed by atoms with Gasteiger partial charge in [-0.15, -0.1) is 17.9 Å². The van der Waals surface area contributed by atoms with E-state index >= 15 is 0 Å². The average molecular weight is 423 g/mol. The Morgan fingerprint density at radius 3 is 2.83 bits per heavy atom. The Hall–Kier alpha value is -3.25. The highest BCUT2D eigenvalue weighted by atomic mass is 32.1. The molecule has 1 amide bonds. The van der Waals surface area contributed by atoms with Crippen molar-refractivity contribution in [2.45, 2.75) is 20.1 Å². The molecule has 0 aliphatic rings. The molecule has 2 aromatic carbocycles. The van der Waals surface area contributed by atoms with Crippen LogP contribution in [0.3, 0.4) is 0 Å². The predicted molar refractivity (Wildman–Crippen MR) is 119 cm³/mol. The summed E-state index contributed by atoms with van der Waals surface area (Å²) >= 11 is 1.59. The van der Waals surface area contributed by atoms with E-state index < -0.39 is 0 Å². The summed E-state index contributed by atoms with van der Waals surface area (Å²) < 4.78 is 19.7. The molecule has 0 saturated carbocycles. The maximum Gasteiger partial charge on any atom is 0.247 e. The number of hydrogen-bond acceptors (Lipinski definition) is 4. The van der Waals surface area contributed by atoms with Crippen LogP contribution in [-0.4, -0.2) is 22.3 Å². The number of aryl methyl sites for hydroxylation is 1. The molecule has 154 valence electrons. The minimum atomic E-state index is -0.330. The van der Waals surface area contributed by atoms with Crippen LogP contribution in [0.5, 0.6) is 5.75 Å². The first-order chi connectivity index (χ1) is 14.5. The highest BCUT2D eigenvalue weighted by molar-refractivity contribution is 7.09. The number of nitrogens with zero attached hydrogens (tertiary/aromatic N) is 2. The van der Waals surface area contributed by atoms with Gasteiger partial charge >= 0.3 is 0 Å². The summed E-state index contributed by atoms with van der Waals surface area (Å²) in [5.74, 6) is 0.149. The molecule has 30 heavy (non-hydrogen) atoms. The van der Waals surface area contributed by atoms with Crippen LogP contribution in [0.25, 0.3) is 6.08 Å². The number of benzene rings is 2. The number of amides is 1. The van der Waals surface area contributed by atoms with Gasteiger partial charge in [0.15, 0.2) is 0 Å². The fourth-order valence-electron chi connectivity index (χ4n) is 2.83. The maximum absolute atomic E-state index is 13.9. The molecular weight excluding hydrogens is 399 g/mol. The van der Waals surface area contributed by atoms with Crippen LogP contribution in [-0.2, 0) is 17.9 Å². The van der Waals surface area contributed by atoms with Crippen LogP contribution in [0.1, 0.15) is 21.8 Å². The van der Waals surface area contributed by atoms with Crippen LogP contribution in [0.4, 0.5) is 4.39 Å². The zero-order valence-electron chi connectivity index (χ0n) is 16.8. The second-order valence-electron chi connectivity index (χ2n) is 6.65. The standard InChI is InChI=1S/C24H23FN2O2S/c1-3-13-27(15-20-8-4-5-10-23(20)25)24(28)12-11-19-7-6-9-22(14-19)29-16-21-17-30-18(2)26-21/h3-12,14,17H,1,13,15-16H2,2H3. The number of carbonyl (C=O) groups is 1. The third kappa shape index (κ3) is 6.12. The van der Waals surface area contributed by atoms with Gasteiger partial charge in [0.1, 0.15) is 18.2 Å². The molecule has 0 fully saturated rings. The Kier molecular flexibility index (Phi) is 7.51. The SMILES string of the molecule is C=CCN(Cc1ccccc1F)C(=O)C=Cc1cccc(OCc2csc(C)n2)c1. The lowest BCUT2D eigenvalue weighted by Gasteiger charge is -2.20. The van der Waals surface area contributed by atoms with Crippen molar-refractivity contribution in [3.05, 3.63) is 100 Å². The third-order valence-electron chi connectivity index (χ3n) is 4.31. The number of halogens is 1. The number of hydrogen-bond donors (Lipinski definition) is 0. The van der Waals surface area contributed by atoms with E-state index in [1.807, 2.05) is 36.6 Å². The molecule has 0 bridgehead atoms. The second-order valence-corrected chi connectivity index (χ2v) is 7.71. The van der Waals surface area contributed by atoms with E-state index in [2.05, 4.69) is 11.6 Å². The summed E-state index contributed by atoms with van der Waals surface area (Å²) in [5.41, 5.74) is 2.19. The molecule has 0 aliphatic heterocycles. The Morgan fingerprint density at radius 1 is 1.27 bits per heavy atom. The maximum atomic E-state index is 13.9. The Balaban J connectivity index is 1.64. The molecule has 0 N–H and O–H groups in total. The van der Waals surface area contributed by atoms with Gasteiger partial charge < -0.3 is 9.64 Å². The van der Waals surface area contributed by atoms with Crippen molar-refractivity contribution in [3.63, 3.8) is 0 Å². The normalized spacial score (nSPS) is 10.9. The van der Waals surface area contributed by atoms with Crippen LogP contribution < -0.4 is 4.74 Å². The molecule has 1 heterocycles. The molecule has 4 nitrogen and oxygen atoms in total. The fraction of sp³-hybridized carbons (Fsp3) is 0.167. The van der Waals surface area contributed by atoms with Crippen molar-refractivity contribution in [1.29, 1.82) is 0 Å². The van der Waals surface area contributed by atoms with Crippen molar-refractivity contribution in [2.75, 3.05) is 6.54 Å². The monoisotopic (exact) mass is 422 g/mol. The largest absolute Gasteiger partial charge is 0.487 e. The van der Waals surface area contributed by atoms with Crippen molar-refractivity contribution in [2.24, 2.45) is 0 Å². The highest BCUT2D eigenvalue weighted by Gasteiger charge is 2.12. The lowest BCUT2D eigenvalue weighted by atomic mass is 10.1. The van der Waals surface area contributed by atoms with Crippen molar-refractivity contribution in [1.82, 2.24) is 9.88 Å². The van der Waals surface area contributed by atoms with Gasteiger partial charge in [0, 0.05) is 30.1 Å². The van der Waals surface area contributed by atoms with E-state index in [4.69, 9.17) is 4.74 Å². The number of thiazole rings is 1. The Morgan fingerprint density at radius 2 is 2.10 bits per heavy atom. The molecule has 0 spiro atoms. The first kappa shape index (κ1) is 21.5. The van der Waals surface area contributed by atoms with E-state index in [9.17, 15) is 9.18 Å². The van der Waals surface area contributed by atoms with Crippen LogP contribution in [0, 0.1) is 12.7 Å². The minimum absolute atomic E-state index is 0.179. The smallest absolute Gasteiger partial charge is 0.247 e. The first-order valence-electron chi connectivity index (χ1n) is 9.50. The second kappa shape index (κ2) is 10.5. The zero-order valence-corrected chi connectivity index (χ0v) is 17.6. The van der Waals surface area contributed by atoms with Gasteiger partial charge in [0.25, 0.3) is 0 Å². The van der Waals surface area contributed by atoms with E-state index in [0.717, 1.165) is 16.3 Å².